The fourth-order valence-electron chi connectivity index (χ4n) is 5.80. The summed E-state index contributed by atoms with van der Waals surface area (Å²) in [6.45, 7) is 6.36. The third kappa shape index (κ3) is 3.04. The van der Waals surface area contributed by atoms with Crippen molar-refractivity contribution in [3.63, 3.8) is 0 Å². The number of piperidine rings is 1. The van der Waals surface area contributed by atoms with Gasteiger partial charge in [-0.25, -0.2) is 0 Å². The van der Waals surface area contributed by atoms with Gasteiger partial charge in [-0.05, 0) is 54.7 Å². The van der Waals surface area contributed by atoms with Crippen LogP contribution in [0.25, 0.3) is 21.8 Å². The fraction of sp³-hybridized carbons (Fsp3) is 0.440. The first-order valence-electron chi connectivity index (χ1n) is 11.0. The highest BCUT2D eigenvalue weighted by Gasteiger charge is 2.64. The predicted molar refractivity (Wildman–Crippen MR) is 132 cm³/mol. The molecule has 1 aliphatic carbocycles. The zero-order valence-electron chi connectivity index (χ0n) is 18.4. The molecule has 2 amide bonds. The average Bonchev–Trinajstić information content (AvgIpc) is 3.12. The molecule has 1 saturated carbocycles. The molecule has 5 rings (SSSR count). The highest BCUT2D eigenvalue weighted by Crippen LogP contribution is 2.60. The third-order valence-electron chi connectivity index (χ3n) is 8.08. The van der Waals surface area contributed by atoms with E-state index in [1.807, 2.05) is 45.0 Å². The summed E-state index contributed by atoms with van der Waals surface area (Å²) >= 11 is 7.11. The maximum atomic E-state index is 13.3. The minimum Gasteiger partial charge on any atom is -0.389 e. The Labute approximate surface area is 204 Å². The molecule has 168 valence electrons. The van der Waals surface area contributed by atoms with E-state index < -0.39 is 11.5 Å². The SMILES string of the molecule is CC1(C)[C@H]2CC[C@@]1(C)C(=O)N(C[C@H](O)Cn1c3ccc(Br)cc3c3cc(Br)ccc31)C2=O. The van der Waals surface area contributed by atoms with Crippen LogP contribution in [0.3, 0.4) is 0 Å². The van der Waals surface area contributed by atoms with Crippen molar-refractivity contribution >= 4 is 65.5 Å². The normalized spacial score (nSPS) is 25.8. The summed E-state index contributed by atoms with van der Waals surface area (Å²) in [6.07, 6.45) is 0.591. The second kappa shape index (κ2) is 7.40. The molecule has 5 nitrogen and oxygen atoms in total. The second-order valence-electron chi connectivity index (χ2n) is 9.99. The largest absolute Gasteiger partial charge is 0.389 e. The van der Waals surface area contributed by atoms with Gasteiger partial charge < -0.3 is 9.67 Å². The van der Waals surface area contributed by atoms with E-state index in [9.17, 15) is 14.7 Å². The zero-order valence-corrected chi connectivity index (χ0v) is 21.5. The van der Waals surface area contributed by atoms with Crippen molar-refractivity contribution in [3.05, 3.63) is 45.3 Å². The Kier molecular flexibility index (Phi) is 5.12. The number of carbonyl (C=O) groups excluding carboxylic acids is 2. The van der Waals surface area contributed by atoms with E-state index >= 15 is 0 Å². The van der Waals surface area contributed by atoms with Crippen LogP contribution in [0.1, 0.15) is 33.6 Å². The molecule has 1 saturated heterocycles. The van der Waals surface area contributed by atoms with Crippen LogP contribution in [0, 0.1) is 16.7 Å². The molecular formula is C25H26Br2N2O3. The summed E-state index contributed by atoms with van der Waals surface area (Å²) in [6, 6.07) is 12.2. The molecule has 2 fully saturated rings. The van der Waals surface area contributed by atoms with Gasteiger partial charge in [-0.1, -0.05) is 52.6 Å². The Morgan fingerprint density at radius 2 is 1.56 bits per heavy atom. The van der Waals surface area contributed by atoms with Gasteiger partial charge in [0.05, 0.1) is 24.6 Å². The van der Waals surface area contributed by atoms with Crippen LogP contribution in [0.15, 0.2) is 45.3 Å². The lowest BCUT2D eigenvalue weighted by Crippen LogP contribution is -2.60. The minimum atomic E-state index is -0.863. The number of aromatic nitrogens is 1. The Balaban J connectivity index is 1.48. The molecule has 7 heteroatoms. The van der Waals surface area contributed by atoms with Gasteiger partial charge in [0.25, 0.3) is 0 Å². The Hall–Kier alpha value is -1.70. The quantitative estimate of drug-likeness (QED) is 0.428. The number of rotatable bonds is 4. The average molecular weight is 562 g/mol. The molecule has 0 radical (unpaired) electrons. The second-order valence-corrected chi connectivity index (χ2v) is 11.8. The van der Waals surface area contributed by atoms with Crippen LogP contribution in [-0.2, 0) is 16.1 Å². The lowest BCUT2D eigenvalue weighted by molar-refractivity contribution is -0.169. The van der Waals surface area contributed by atoms with Crippen LogP contribution in [0.4, 0.5) is 0 Å². The van der Waals surface area contributed by atoms with Gasteiger partial charge in [-0.3, -0.25) is 14.5 Å². The molecule has 3 aromatic rings. The molecule has 2 heterocycles. The van der Waals surface area contributed by atoms with Crippen molar-refractivity contribution in [1.29, 1.82) is 0 Å². The van der Waals surface area contributed by atoms with Gasteiger partial charge in [0.15, 0.2) is 0 Å². The number of imide groups is 1. The molecule has 32 heavy (non-hydrogen) atoms. The minimum absolute atomic E-state index is 0.0219. The molecule has 1 N–H and O–H groups in total. The molecular weight excluding hydrogens is 536 g/mol. The Bertz CT molecular complexity index is 1220. The van der Waals surface area contributed by atoms with E-state index in [2.05, 4.69) is 48.6 Å². The number of hydrogen-bond donors (Lipinski definition) is 1. The lowest BCUT2D eigenvalue weighted by atomic mass is 9.62. The van der Waals surface area contributed by atoms with Crippen LogP contribution in [0.5, 0.6) is 0 Å². The Morgan fingerprint density at radius 3 is 2.12 bits per heavy atom. The maximum absolute atomic E-state index is 13.3. The van der Waals surface area contributed by atoms with E-state index in [0.29, 0.717) is 6.54 Å². The van der Waals surface area contributed by atoms with E-state index in [4.69, 9.17) is 0 Å². The number of amides is 2. The van der Waals surface area contributed by atoms with E-state index in [1.54, 1.807) is 0 Å². The highest BCUT2D eigenvalue weighted by molar-refractivity contribution is 9.10. The number of carbonyl (C=O) groups is 2. The molecule has 1 aromatic heterocycles. The number of benzene rings is 2. The number of aliphatic hydroxyl groups is 1. The number of nitrogens with zero attached hydrogens (tertiary/aromatic N) is 2. The highest BCUT2D eigenvalue weighted by atomic mass is 79.9. The standard InChI is InChI=1S/C25H26Br2N2O3/c1-24(2)19-8-9-25(24,3)23(32)29(22(19)31)13-16(30)12-28-20-6-4-14(26)10-17(20)18-11-15(27)5-7-21(18)28/h4-7,10-11,16,19,30H,8-9,12-13H2,1-3H3/t16-,19+,25+/m1/s1. The third-order valence-corrected chi connectivity index (χ3v) is 9.07. The van der Waals surface area contributed by atoms with Crippen molar-refractivity contribution in [3.8, 4) is 0 Å². The van der Waals surface area contributed by atoms with E-state index in [-0.39, 0.29) is 29.7 Å². The van der Waals surface area contributed by atoms with Crippen molar-refractivity contribution in [1.82, 2.24) is 9.47 Å². The van der Waals surface area contributed by atoms with E-state index in [0.717, 1.165) is 43.6 Å². The van der Waals surface area contributed by atoms with Crippen molar-refractivity contribution in [2.24, 2.45) is 16.7 Å². The van der Waals surface area contributed by atoms with Gasteiger partial charge in [0.1, 0.15) is 0 Å². The summed E-state index contributed by atoms with van der Waals surface area (Å²) < 4.78 is 4.05. The van der Waals surface area contributed by atoms with Crippen LogP contribution in [-0.4, -0.2) is 39.0 Å². The van der Waals surface area contributed by atoms with Gasteiger partial charge in [-0.2, -0.15) is 0 Å². The summed E-state index contributed by atoms with van der Waals surface area (Å²) in [5, 5.41) is 13.2. The summed E-state index contributed by atoms with van der Waals surface area (Å²) in [5.74, 6) is -0.445. The van der Waals surface area contributed by atoms with Crippen molar-refractivity contribution in [2.45, 2.75) is 46.3 Å². The van der Waals surface area contributed by atoms with Crippen LogP contribution < -0.4 is 0 Å². The number of likely N-dealkylation sites (tertiary alicyclic amines) is 1. The molecule has 0 unspecified atom stereocenters. The predicted octanol–water partition coefficient (Wildman–Crippen LogP) is 5.49. The zero-order chi connectivity index (χ0) is 23.0. The molecule has 1 aliphatic heterocycles. The molecule has 3 atom stereocenters. The summed E-state index contributed by atoms with van der Waals surface area (Å²) in [7, 11) is 0. The maximum Gasteiger partial charge on any atom is 0.235 e. The van der Waals surface area contributed by atoms with Crippen LogP contribution >= 0.6 is 31.9 Å². The van der Waals surface area contributed by atoms with E-state index in [1.165, 1.54) is 4.90 Å². The molecule has 2 aliphatic rings. The topological polar surface area (TPSA) is 62.5 Å². The monoisotopic (exact) mass is 560 g/mol. The van der Waals surface area contributed by atoms with Crippen molar-refractivity contribution < 1.29 is 14.7 Å². The van der Waals surface area contributed by atoms with Gasteiger partial charge in [0, 0.05) is 36.7 Å². The summed E-state index contributed by atoms with van der Waals surface area (Å²) in [4.78, 5) is 27.8. The number of aliphatic hydroxyl groups excluding tert-OH is 1. The van der Waals surface area contributed by atoms with Gasteiger partial charge >= 0.3 is 0 Å². The first kappa shape index (κ1) is 22.1. The number of hydrogen-bond acceptors (Lipinski definition) is 3. The van der Waals surface area contributed by atoms with Crippen LogP contribution in [0.2, 0.25) is 0 Å². The lowest BCUT2D eigenvalue weighted by Gasteiger charge is -2.48. The molecule has 2 aromatic carbocycles. The van der Waals surface area contributed by atoms with Crippen molar-refractivity contribution in [2.75, 3.05) is 6.54 Å². The number of halogens is 2. The Morgan fingerprint density at radius 1 is 1.00 bits per heavy atom. The van der Waals surface area contributed by atoms with Gasteiger partial charge in [-0.15, -0.1) is 0 Å². The first-order valence-corrected chi connectivity index (χ1v) is 12.5. The number of fused-ring (bicyclic) bond motifs is 5. The molecule has 0 spiro atoms. The first-order chi connectivity index (χ1) is 15.0. The van der Waals surface area contributed by atoms with Gasteiger partial charge in [0.2, 0.25) is 11.8 Å². The summed E-state index contributed by atoms with van der Waals surface area (Å²) in [5.41, 5.74) is 1.10. The fourth-order valence-corrected chi connectivity index (χ4v) is 6.52. The smallest absolute Gasteiger partial charge is 0.235 e. The number of β-amino-alcohol motifs (C(OH)–C–C–N with tert-alkyl or cyclic N) is 1. The molecule has 2 bridgehead atoms.